The van der Waals surface area contributed by atoms with Crippen LogP contribution < -0.4 is 5.32 Å². The molecule has 18 heavy (non-hydrogen) atoms. The Morgan fingerprint density at radius 3 is 2.83 bits per heavy atom. The maximum absolute atomic E-state index is 13.4. The molecule has 1 aliphatic rings. The Bertz CT molecular complexity index is 406. The molecule has 1 heterocycles. The first-order chi connectivity index (χ1) is 8.72. The molecule has 0 saturated carbocycles. The molecule has 0 radical (unpaired) electrons. The summed E-state index contributed by atoms with van der Waals surface area (Å²) in [5.74, 6) is 0.342. The van der Waals surface area contributed by atoms with Crippen LogP contribution >= 0.6 is 15.9 Å². The van der Waals surface area contributed by atoms with Gasteiger partial charge in [0.1, 0.15) is 5.82 Å². The van der Waals surface area contributed by atoms with Crippen molar-refractivity contribution < 1.29 is 4.39 Å². The third kappa shape index (κ3) is 3.25. The number of benzene rings is 1. The number of rotatable bonds is 6. The quantitative estimate of drug-likeness (QED) is 0.688. The number of fused-ring (bicyclic) bond motifs is 1. The minimum atomic E-state index is -0.139. The van der Waals surface area contributed by atoms with Gasteiger partial charge in [-0.2, -0.15) is 0 Å². The standard InChI is InChI=1S/C15H21BrFN/c1-2-3-4-5-6-7-11-10-18-15-13(11)8-12(17)9-14(15)16/h8-9,11,18H,2-7,10H2,1H3. The Hall–Kier alpha value is -0.570. The second-order valence-corrected chi connectivity index (χ2v) is 5.99. The van der Waals surface area contributed by atoms with Gasteiger partial charge in [-0.1, -0.05) is 39.0 Å². The van der Waals surface area contributed by atoms with Gasteiger partial charge in [-0.15, -0.1) is 0 Å². The zero-order chi connectivity index (χ0) is 13.0. The number of nitrogens with one attached hydrogen (secondary N) is 1. The molecule has 0 spiro atoms. The largest absolute Gasteiger partial charge is 0.383 e. The Labute approximate surface area is 117 Å². The average Bonchev–Trinajstić information content (AvgIpc) is 2.72. The fourth-order valence-corrected chi connectivity index (χ4v) is 3.28. The topological polar surface area (TPSA) is 12.0 Å². The first-order valence-electron chi connectivity index (χ1n) is 6.95. The van der Waals surface area contributed by atoms with E-state index in [2.05, 4.69) is 28.2 Å². The van der Waals surface area contributed by atoms with Crippen LogP contribution in [0.3, 0.4) is 0 Å². The van der Waals surface area contributed by atoms with Crippen LogP contribution in [0.2, 0.25) is 0 Å². The van der Waals surface area contributed by atoms with E-state index in [1.54, 1.807) is 6.07 Å². The molecule has 2 rings (SSSR count). The van der Waals surface area contributed by atoms with E-state index in [4.69, 9.17) is 0 Å². The zero-order valence-corrected chi connectivity index (χ0v) is 12.5. The van der Waals surface area contributed by atoms with E-state index in [1.165, 1.54) is 44.6 Å². The molecule has 0 saturated heterocycles. The summed E-state index contributed by atoms with van der Waals surface area (Å²) in [5, 5.41) is 3.38. The van der Waals surface area contributed by atoms with Crippen molar-refractivity contribution in [3.05, 3.63) is 28.0 Å². The molecule has 1 N–H and O–H groups in total. The van der Waals surface area contributed by atoms with Crippen molar-refractivity contribution in [2.45, 2.75) is 51.4 Å². The van der Waals surface area contributed by atoms with Crippen LogP contribution in [0.4, 0.5) is 10.1 Å². The summed E-state index contributed by atoms with van der Waals surface area (Å²) >= 11 is 3.43. The van der Waals surface area contributed by atoms with Crippen molar-refractivity contribution in [2.24, 2.45) is 0 Å². The molecule has 0 bridgehead atoms. The van der Waals surface area contributed by atoms with Gasteiger partial charge in [-0.3, -0.25) is 0 Å². The van der Waals surface area contributed by atoms with Gasteiger partial charge in [-0.25, -0.2) is 4.39 Å². The summed E-state index contributed by atoms with van der Waals surface area (Å²) in [7, 11) is 0. The highest BCUT2D eigenvalue weighted by Crippen LogP contribution is 2.40. The van der Waals surface area contributed by atoms with E-state index in [-0.39, 0.29) is 5.82 Å². The molecule has 1 atom stereocenters. The lowest BCUT2D eigenvalue weighted by atomic mass is 9.94. The zero-order valence-electron chi connectivity index (χ0n) is 10.9. The van der Waals surface area contributed by atoms with Gasteiger partial charge in [0.25, 0.3) is 0 Å². The van der Waals surface area contributed by atoms with Crippen LogP contribution in [-0.4, -0.2) is 6.54 Å². The monoisotopic (exact) mass is 313 g/mol. The second kappa shape index (κ2) is 6.55. The highest BCUT2D eigenvalue weighted by molar-refractivity contribution is 9.10. The first kappa shape index (κ1) is 13.9. The lowest BCUT2D eigenvalue weighted by Crippen LogP contribution is -2.01. The van der Waals surface area contributed by atoms with Crippen LogP contribution in [-0.2, 0) is 0 Å². The van der Waals surface area contributed by atoms with Crippen molar-refractivity contribution in [1.29, 1.82) is 0 Å². The summed E-state index contributed by atoms with van der Waals surface area (Å²) in [6.45, 7) is 3.18. The molecule has 0 aliphatic carbocycles. The van der Waals surface area contributed by atoms with E-state index in [9.17, 15) is 4.39 Å². The predicted molar refractivity (Wildman–Crippen MR) is 78.7 cm³/mol. The Balaban J connectivity index is 1.91. The van der Waals surface area contributed by atoms with E-state index in [1.807, 2.05) is 0 Å². The molecule has 1 aromatic rings. The van der Waals surface area contributed by atoms with E-state index in [0.717, 1.165) is 22.3 Å². The fraction of sp³-hybridized carbons (Fsp3) is 0.600. The Kier molecular flexibility index (Phi) is 5.04. The Morgan fingerprint density at radius 1 is 1.28 bits per heavy atom. The van der Waals surface area contributed by atoms with Crippen molar-refractivity contribution in [3.8, 4) is 0 Å². The first-order valence-corrected chi connectivity index (χ1v) is 7.74. The summed E-state index contributed by atoms with van der Waals surface area (Å²) < 4.78 is 14.3. The summed E-state index contributed by atoms with van der Waals surface area (Å²) in [6.07, 6.45) is 7.66. The van der Waals surface area contributed by atoms with Crippen molar-refractivity contribution in [2.75, 3.05) is 11.9 Å². The van der Waals surface area contributed by atoms with Gasteiger partial charge < -0.3 is 5.32 Å². The number of halogens is 2. The van der Waals surface area contributed by atoms with Gasteiger partial charge in [0.2, 0.25) is 0 Å². The Morgan fingerprint density at radius 2 is 2.06 bits per heavy atom. The molecule has 1 aromatic carbocycles. The molecule has 1 nitrogen and oxygen atoms in total. The van der Waals surface area contributed by atoms with E-state index < -0.39 is 0 Å². The van der Waals surface area contributed by atoms with E-state index >= 15 is 0 Å². The maximum atomic E-state index is 13.4. The SMILES string of the molecule is CCCCCCCC1CNc2c(Br)cc(F)cc21. The van der Waals surface area contributed by atoms with Gasteiger partial charge in [-0.05, 0) is 40.0 Å². The lowest BCUT2D eigenvalue weighted by molar-refractivity contribution is 0.562. The van der Waals surface area contributed by atoms with Crippen LogP contribution in [0.1, 0.15) is 56.9 Å². The molecular formula is C15H21BrFN. The third-order valence-corrected chi connectivity index (χ3v) is 4.33. The summed E-state index contributed by atoms with van der Waals surface area (Å²) in [5.41, 5.74) is 2.24. The molecule has 3 heteroatoms. The van der Waals surface area contributed by atoms with E-state index in [0.29, 0.717) is 5.92 Å². The molecule has 0 aromatic heterocycles. The van der Waals surface area contributed by atoms with Gasteiger partial charge in [0.15, 0.2) is 0 Å². The summed E-state index contributed by atoms with van der Waals surface area (Å²) in [6, 6.07) is 3.23. The molecule has 0 fully saturated rings. The van der Waals surface area contributed by atoms with Gasteiger partial charge in [0.05, 0.1) is 5.69 Å². The van der Waals surface area contributed by atoms with Crippen molar-refractivity contribution in [3.63, 3.8) is 0 Å². The van der Waals surface area contributed by atoms with Crippen LogP contribution in [0.25, 0.3) is 0 Å². The molecule has 0 amide bonds. The van der Waals surface area contributed by atoms with Crippen molar-refractivity contribution >= 4 is 21.6 Å². The number of hydrogen-bond donors (Lipinski definition) is 1. The minimum absolute atomic E-state index is 0.139. The number of hydrogen-bond acceptors (Lipinski definition) is 1. The second-order valence-electron chi connectivity index (χ2n) is 5.13. The third-order valence-electron chi connectivity index (χ3n) is 3.71. The fourth-order valence-electron chi connectivity index (χ4n) is 2.69. The number of unbranched alkanes of at least 4 members (excludes halogenated alkanes) is 4. The maximum Gasteiger partial charge on any atom is 0.124 e. The highest BCUT2D eigenvalue weighted by atomic mass is 79.9. The van der Waals surface area contributed by atoms with Crippen LogP contribution in [0, 0.1) is 5.82 Å². The molecule has 1 unspecified atom stereocenters. The molecule has 100 valence electrons. The van der Waals surface area contributed by atoms with Crippen molar-refractivity contribution in [1.82, 2.24) is 0 Å². The van der Waals surface area contributed by atoms with Crippen LogP contribution in [0.5, 0.6) is 0 Å². The summed E-state index contributed by atoms with van der Waals surface area (Å²) in [4.78, 5) is 0. The lowest BCUT2D eigenvalue weighted by Gasteiger charge is -2.10. The minimum Gasteiger partial charge on any atom is -0.383 e. The van der Waals surface area contributed by atoms with Gasteiger partial charge in [0, 0.05) is 16.9 Å². The number of anilines is 1. The highest BCUT2D eigenvalue weighted by Gasteiger charge is 2.24. The van der Waals surface area contributed by atoms with Gasteiger partial charge >= 0.3 is 0 Å². The van der Waals surface area contributed by atoms with Crippen LogP contribution in [0.15, 0.2) is 16.6 Å². The normalized spacial score (nSPS) is 17.6. The smallest absolute Gasteiger partial charge is 0.124 e. The molecule has 1 aliphatic heterocycles. The average molecular weight is 314 g/mol. The predicted octanol–water partition coefficient (Wildman–Crippen LogP) is 5.46. The molecular weight excluding hydrogens is 293 g/mol.